The molecule has 0 saturated carbocycles. The first-order valence-electron chi connectivity index (χ1n) is 12.4. The molecule has 0 spiro atoms. The second-order valence-corrected chi connectivity index (χ2v) is 9.17. The summed E-state index contributed by atoms with van der Waals surface area (Å²) in [6.45, 7) is -0.489. The zero-order valence-electron chi connectivity index (χ0n) is 20.8. The van der Waals surface area contributed by atoms with Crippen LogP contribution in [-0.4, -0.2) is 70.0 Å². The van der Waals surface area contributed by atoms with Crippen LogP contribution in [0.25, 0.3) is 6.08 Å². The molecule has 9 heteroatoms. The van der Waals surface area contributed by atoms with Crippen molar-refractivity contribution >= 4 is 29.8 Å². The Labute approximate surface area is 224 Å². The number of Topliss-reactive ketones (excluding diaryl/α,β-unsaturated/α-hetero) is 1. The first-order valence-corrected chi connectivity index (χ1v) is 12.4. The van der Waals surface area contributed by atoms with Gasteiger partial charge in [0.1, 0.15) is 25.0 Å². The van der Waals surface area contributed by atoms with Gasteiger partial charge in [0, 0.05) is 0 Å². The smallest absolute Gasteiger partial charge is 0.411 e. The van der Waals surface area contributed by atoms with E-state index in [2.05, 4.69) is 0 Å². The van der Waals surface area contributed by atoms with E-state index >= 15 is 0 Å². The van der Waals surface area contributed by atoms with Crippen molar-refractivity contribution in [2.75, 3.05) is 13.2 Å². The van der Waals surface area contributed by atoms with Gasteiger partial charge in [-0.15, -0.1) is 0 Å². The highest BCUT2D eigenvalue weighted by atomic mass is 16.6. The van der Waals surface area contributed by atoms with Crippen LogP contribution >= 0.6 is 0 Å². The molecule has 5 rings (SSSR count). The van der Waals surface area contributed by atoms with Gasteiger partial charge in [-0.05, 0) is 23.3 Å². The molecular weight excluding hydrogens is 500 g/mol. The van der Waals surface area contributed by atoms with Crippen molar-refractivity contribution in [2.24, 2.45) is 0 Å². The predicted octanol–water partition coefficient (Wildman–Crippen LogP) is 3.57. The Kier molecular flexibility index (Phi) is 7.40. The SMILES string of the molecule is O=C(O)C(C(=O)COc1ccccc1)N1C(=O)C(N2C(=O)OC[C@@H]2c2ccccc2)C1C=Cc1ccccc1. The topological polar surface area (TPSA) is 113 Å². The zero-order chi connectivity index (χ0) is 27.4. The van der Waals surface area contributed by atoms with Crippen LogP contribution in [0.5, 0.6) is 5.75 Å². The van der Waals surface area contributed by atoms with Crippen LogP contribution in [0.2, 0.25) is 0 Å². The summed E-state index contributed by atoms with van der Waals surface area (Å²) in [5.41, 5.74) is 1.59. The fourth-order valence-corrected chi connectivity index (χ4v) is 4.90. The summed E-state index contributed by atoms with van der Waals surface area (Å²) >= 11 is 0. The second-order valence-electron chi connectivity index (χ2n) is 9.17. The van der Waals surface area contributed by atoms with E-state index in [-0.39, 0.29) is 6.61 Å². The van der Waals surface area contributed by atoms with Gasteiger partial charge in [0.15, 0.2) is 6.04 Å². The van der Waals surface area contributed by atoms with E-state index in [1.807, 2.05) is 60.7 Å². The van der Waals surface area contributed by atoms with Crippen molar-refractivity contribution < 1.29 is 33.8 Å². The Morgan fingerprint density at radius 1 is 0.949 bits per heavy atom. The van der Waals surface area contributed by atoms with Gasteiger partial charge < -0.3 is 19.5 Å². The molecule has 0 aromatic heterocycles. The van der Waals surface area contributed by atoms with Crippen LogP contribution in [0.4, 0.5) is 4.79 Å². The quantitative estimate of drug-likeness (QED) is 0.317. The number of β-lactam (4-membered cyclic amide) rings is 1. The first-order chi connectivity index (χ1) is 19.0. The molecule has 2 aliphatic rings. The van der Waals surface area contributed by atoms with Crippen molar-refractivity contribution in [2.45, 2.75) is 24.2 Å². The second kappa shape index (κ2) is 11.2. The number of amides is 2. The van der Waals surface area contributed by atoms with Crippen LogP contribution in [-0.2, 0) is 19.1 Å². The van der Waals surface area contributed by atoms with Crippen molar-refractivity contribution in [1.29, 1.82) is 0 Å². The summed E-state index contributed by atoms with van der Waals surface area (Å²) < 4.78 is 10.8. The van der Waals surface area contributed by atoms with Gasteiger partial charge in [-0.3, -0.25) is 14.5 Å². The highest BCUT2D eigenvalue weighted by Crippen LogP contribution is 2.38. The lowest BCUT2D eigenvalue weighted by Gasteiger charge is -2.51. The minimum atomic E-state index is -1.79. The van der Waals surface area contributed by atoms with Gasteiger partial charge in [0.2, 0.25) is 11.7 Å². The molecule has 1 N–H and O–H groups in total. The Bertz CT molecular complexity index is 1380. The highest BCUT2D eigenvalue weighted by Gasteiger charge is 2.59. The molecule has 2 fully saturated rings. The molecule has 39 heavy (non-hydrogen) atoms. The van der Waals surface area contributed by atoms with E-state index in [0.717, 1.165) is 16.0 Å². The molecule has 0 aliphatic carbocycles. The number of carbonyl (C=O) groups excluding carboxylic acids is 3. The lowest BCUT2D eigenvalue weighted by Crippen LogP contribution is -2.75. The lowest BCUT2D eigenvalue weighted by molar-refractivity contribution is -0.171. The maximum atomic E-state index is 13.6. The number of carboxylic acids is 1. The molecule has 0 radical (unpaired) electrons. The summed E-state index contributed by atoms with van der Waals surface area (Å²) in [5, 5.41) is 10.0. The van der Waals surface area contributed by atoms with Crippen LogP contribution in [0, 0.1) is 0 Å². The maximum Gasteiger partial charge on any atom is 0.411 e. The minimum absolute atomic E-state index is 0.0496. The van der Waals surface area contributed by atoms with Crippen molar-refractivity contribution in [1.82, 2.24) is 9.80 Å². The van der Waals surface area contributed by atoms with Crippen molar-refractivity contribution in [3.63, 3.8) is 0 Å². The number of para-hydroxylation sites is 1. The molecule has 9 nitrogen and oxygen atoms in total. The Hall–Kier alpha value is -4.92. The number of carboxylic acid groups (broad SMARTS) is 1. The van der Waals surface area contributed by atoms with Gasteiger partial charge >= 0.3 is 12.1 Å². The minimum Gasteiger partial charge on any atom is -0.486 e. The standard InChI is InChI=1S/C30H26N2O7/c33-25(19-38-22-14-8-3-9-15-22)27(29(35)36)31-23(17-16-20-10-4-1-5-11-20)26(28(31)34)32-24(18-39-30(32)37)21-12-6-2-7-13-21/h1-17,23-24,26-27H,18-19H2,(H,35,36)/t23?,24-,26?,27?/m1/s1. The Morgan fingerprint density at radius 2 is 1.56 bits per heavy atom. The summed E-state index contributed by atoms with van der Waals surface area (Å²) in [5.74, 6) is -2.53. The lowest BCUT2D eigenvalue weighted by atomic mass is 9.87. The van der Waals surface area contributed by atoms with Gasteiger partial charge in [-0.2, -0.15) is 0 Å². The van der Waals surface area contributed by atoms with Crippen molar-refractivity contribution in [3.05, 3.63) is 108 Å². The van der Waals surface area contributed by atoms with E-state index in [4.69, 9.17) is 9.47 Å². The molecule has 3 aromatic rings. The number of ether oxygens (including phenoxy) is 2. The number of carbonyl (C=O) groups is 4. The molecule has 4 atom stereocenters. The predicted molar refractivity (Wildman–Crippen MR) is 141 cm³/mol. The average molecular weight is 527 g/mol. The summed E-state index contributed by atoms with van der Waals surface area (Å²) in [6, 6.07) is 22.6. The van der Waals surface area contributed by atoms with Crippen LogP contribution in [0.15, 0.2) is 97.1 Å². The molecule has 3 unspecified atom stereocenters. The average Bonchev–Trinajstić information content (AvgIpc) is 3.33. The maximum absolute atomic E-state index is 13.6. The summed E-state index contributed by atoms with van der Waals surface area (Å²) in [4.78, 5) is 54.3. The van der Waals surface area contributed by atoms with Gasteiger partial charge in [0.25, 0.3) is 0 Å². The first kappa shape index (κ1) is 25.7. The van der Waals surface area contributed by atoms with Gasteiger partial charge in [-0.1, -0.05) is 91.0 Å². The van der Waals surface area contributed by atoms with Crippen molar-refractivity contribution in [3.8, 4) is 5.75 Å². The number of likely N-dealkylation sites (tertiary alicyclic amines) is 1. The number of hydrogen-bond acceptors (Lipinski definition) is 6. The molecular formula is C30H26N2O7. The normalized spacial score (nSPS) is 21.4. The summed E-state index contributed by atoms with van der Waals surface area (Å²) in [7, 11) is 0. The molecule has 198 valence electrons. The van der Waals surface area contributed by atoms with E-state index in [0.29, 0.717) is 5.75 Å². The third kappa shape index (κ3) is 5.24. The Morgan fingerprint density at radius 3 is 2.21 bits per heavy atom. The van der Waals surface area contributed by atoms with Crippen LogP contribution in [0.1, 0.15) is 17.2 Å². The number of cyclic esters (lactones) is 1. The largest absolute Gasteiger partial charge is 0.486 e. The van der Waals surface area contributed by atoms with Gasteiger partial charge in [-0.25, -0.2) is 9.59 Å². The molecule has 2 amide bonds. The monoisotopic (exact) mass is 526 g/mol. The van der Waals surface area contributed by atoms with E-state index < -0.39 is 54.5 Å². The molecule has 2 aliphatic heterocycles. The Balaban J connectivity index is 1.45. The van der Waals surface area contributed by atoms with E-state index in [1.165, 1.54) is 4.90 Å². The number of nitrogens with zero attached hydrogens (tertiary/aromatic N) is 2. The highest BCUT2D eigenvalue weighted by molar-refractivity contribution is 6.08. The van der Waals surface area contributed by atoms with Gasteiger partial charge in [0.05, 0.1) is 12.1 Å². The number of aliphatic carboxylic acids is 1. The number of hydrogen-bond donors (Lipinski definition) is 1. The fourth-order valence-electron chi connectivity index (χ4n) is 4.90. The van der Waals surface area contributed by atoms with Crippen LogP contribution in [0.3, 0.4) is 0 Å². The number of rotatable bonds is 10. The number of ketones is 1. The molecule has 0 bridgehead atoms. The van der Waals surface area contributed by atoms with E-state index in [9.17, 15) is 24.3 Å². The third-order valence-corrected chi connectivity index (χ3v) is 6.77. The van der Waals surface area contributed by atoms with Crippen LogP contribution < -0.4 is 4.74 Å². The number of benzene rings is 3. The third-order valence-electron chi connectivity index (χ3n) is 6.77. The van der Waals surface area contributed by atoms with E-state index in [1.54, 1.807) is 42.5 Å². The molecule has 2 heterocycles. The fraction of sp³-hybridized carbons (Fsp3) is 0.200. The summed E-state index contributed by atoms with van der Waals surface area (Å²) in [6.07, 6.45) is 2.71. The zero-order valence-corrected chi connectivity index (χ0v) is 20.8. The molecule has 3 aromatic carbocycles. The molecule has 2 saturated heterocycles.